The van der Waals surface area contributed by atoms with E-state index in [2.05, 4.69) is 15.9 Å². The first-order valence-electron chi connectivity index (χ1n) is 7.26. The summed E-state index contributed by atoms with van der Waals surface area (Å²) in [5.41, 5.74) is 1.63. The fraction of sp³-hybridized carbons (Fsp3) is 0.500. The molecule has 1 aliphatic carbocycles. The maximum Gasteiger partial charge on any atom is 0.308 e. The Balaban J connectivity index is 1.82. The van der Waals surface area contributed by atoms with Crippen molar-refractivity contribution in [3.63, 3.8) is 0 Å². The smallest absolute Gasteiger partial charge is 0.308 e. The quantitative estimate of drug-likeness (QED) is 0.910. The second kappa shape index (κ2) is 5.44. The Labute approximate surface area is 132 Å². The zero-order valence-corrected chi connectivity index (χ0v) is 13.5. The van der Waals surface area contributed by atoms with Crippen molar-refractivity contribution in [2.45, 2.75) is 19.8 Å². The predicted molar refractivity (Wildman–Crippen MR) is 82.1 cm³/mol. The number of halogens is 1. The first-order valence-corrected chi connectivity index (χ1v) is 8.05. The summed E-state index contributed by atoms with van der Waals surface area (Å²) in [5, 5.41) is 9.38. The van der Waals surface area contributed by atoms with Gasteiger partial charge in [-0.25, -0.2) is 0 Å². The van der Waals surface area contributed by atoms with Crippen LogP contribution < -0.4 is 0 Å². The number of carbonyl (C=O) groups excluding carboxylic acids is 1. The van der Waals surface area contributed by atoms with Crippen LogP contribution in [-0.4, -0.2) is 35.0 Å². The van der Waals surface area contributed by atoms with E-state index in [1.165, 1.54) is 0 Å². The van der Waals surface area contributed by atoms with Crippen molar-refractivity contribution in [3.05, 3.63) is 33.8 Å². The number of hydrogen-bond acceptors (Lipinski definition) is 2. The zero-order chi connectivity index (χ0) is 15.1. The lowest BCUT2D eigenvalue weighted by atomic mass is 9.92. The van der Waals surface area contributed by atoms with Crippen molar-refractivity contribution >= 4 is 27.8 Å². The maximum absolute atomic E-state index is 12.7. The van der Waals surface area contributed by atoms with Crippen LogP contribution in [0, 0.1) is 24.7 Å². The number of carboxylic acids is 1. The summed E-state index contributed by atoms with van der Waals surface area (Å²) in [6.07, 6.45) is 2.20. The van der Waals surface area contributed by atoms with Gasteiger partial charge in [0.25, 0.3) is 5.91 Å². The van der Waals surface area contributed by atoms with Gasteiger partial charge < -0.3 is 10.0 Å². The molecule has 1 heterocycles. The van der Waals surface area contributed by atoms with E-state index in [9.17, 15) is 14.7 Å². The summed E-state index contributed by atoms with van der Waals surface area (Å²) in [6, 6.07) is 5.59. The molecule has 2 fully saturated rings. The largest absolute Gasteiger partial charge is 0.481 e. The highest BCUT2D eigenvalue weighted by Crippen LogP contribution is 2.44. The summed E-state index contributed by atoms with van der Waals surface area (Å²) in [5.74, 6) is -0.643. The van der Waals surface area contributed by atoms with Crippen molar-refractivity contribution in [3.8, 4) is 0 Å². The third kappa shape index (κ3) is 2.71. The van der Waals surface area contributed by atoms with Crippen molar-refractivity contribution < 1.29 is 14.7 Å². The molecule has 112 valence electrons. The van der Waals surface area contributed by atoms with Crippen LogP contribution >= 0.6 is 15.9 Å². The molecule has 2 atom stereocenters. The van der Waals surface area contributed by atoms with E-state index in [-0.39, 0.29) is 11.8 Å². The van der Waals surface area contributed by atoms with Crippen LogP contribution in [0.15, 0.2) is 22.7 Å². The average Bonchev–Trinajstić information content (AvgIpc) is 3.19. The first kappa shape index (κ1) is 14.6. The van der Waals surface area contributed by atoms with Gasteiger partial charge in [-0.3, -0.25) is 9.59 Å². The Morgan fingerprint density at radius 3 is 2.62 bits per heavy atom. The van der Waals surface area contributed by atoms with Crippen molar-refractivity contribution in [1.29, 1.82) is 0 Å². The second-order valence-corrected chi connectivity index (χ2v) is 6.89. The minimum absolute atomic E-state index is 0.0695. The molecule has 1 amide bonds. The molecule has 3 rings (SSSR count). The van der Waals surface area contributed by atoms with Crippen molar-refractivity contribution in [2.24, 2.45) is 17.8 Å². The van der Waals surface area contributed by atoms with Crippen LogP contribution in [0.2, 0.25) is 0 Å². The number of aliphatic carboxylic acids is 1. The summed E-state index contributed by atoms with van der Waals surface area (Å²) in [7, 11) is 0. The van der Waals surface area contributed by atoms with Gasteiger partial charge in [0.1, 0.15) is 0 Å². The molecule has 1 aromatic rings. The van der Waals surface area contributed by atoms with Gasteiger partial charge >= 0.3 is 5.97 Å². The molecule has 5 heteroatoms. The number of likely N-dealkylation sites (tertiary alicyclic amines) is 1. The standard InChI is InChI=1S/C16H18BrNO3/c1-9-3-2-4-11(14(9)17)15(19)18-7-12(10-5-6-10)13(8-18)16(20)21/h2-4,10,12-13H,5-8H2,1H3,(H,20,21)/t12-,13+/m1/s1. The number of carbonyl (C=O) groups is 2. The highest BCUT2D eigenvalue weighted by atomic mass is 79.9. The van der Waals surface area contributed by atoms with E-state index >= 15 is 0 Å². The second-order valence-electron chi connectivity index (χ2n) is 6.09. The molecule has 0 radical (unpaired) electrons. The molecule has 0 aromatic heterocycles. The Kier molecular flexibility index (Phi) is 3.78. The molecular formula is C16H18BrNO3. The lowest BCUT2D eigenvalue weighted by Gasteiger charge is -2.17. The van der Waals surface area contributed by atoms with Crippen LogP contribution in [0.1, 0.15) is 28.8 Å². The van der Waals surface area contributed by atoms with Gasteiger partial charge in [-0.1, -0.05) is 12.1 Å². The molecule has 21 heavy (non-hydrogen) atoms. The van der Waals surface area contributed by atoms with E-state index < -0.39 is 11.9 Å². The molecule has 0 bridgehead atoms. The topological polar surface area (TPSA) is 57.6 Å². The fourth-order valence-corrected chi connectivity index (χ4v) is 3.67. The van der Waals surface area contributed by atoms with Gasteiger partial charge in [-0.15, -0.1) is 0 Å². The Morgan fingerprint density at radius 1 is 1.29 bits per heavy atom. The lowest BCUT2D eigenvalue weighted by molar-refractivity contribution is -0.142. The maximum atomic E-state index is 12.7. The molecule has 1 saturated heterocycles. The molecule has 2 aliphatic rings. The first-order chi connectivity index (χ1) is 9.99. The van der Waals surface area contributed by atoms with Gasteiger partial charge in [-0.05, 0) is 59.2 Å². The van der Waals surface area contributed by atoms with E-state index in [1.807, 2.05) is 19.1 Å². The van der Waals surface area contributed by atoms with Crippen LogP contribution in [0.5, 0.6) is 0 Å². The molecule has 1 aromatic carbocycles. The number of nitrogens with zero attached hydrogens (tertiary/aromatic N) is 1. The molecule has 1 N–H and O–H groups in total. The Hall–Kier alpha value is -1.36. The predicted octanol–water partition coefficient (Wildman–Crippen LogP) is 2.94. The van der Waals surface area contributed by atoms with E-state index in [4.69, 9.17) is 0 Å². The number of amides is 1. The normalized spacial score (nSPS) is 25.1. The van der Waals surface area contributed by atoms with Gasteiger partial charge in [0, 0.05) is 17.6 Å². The minimum Gasteiger partial charge on any atom is -0.481 e. The van der Waals surface area contributed by atoms with Gasteiger partial charge in [-0.2, -0.15) is 0 Å². The van der Waals surface area contributed by atoms with E-state index in [1.54, 1.807) is 11.0 Å². The van der Waals surface area contributed by atoms with Crippen LogP contribution in [0.25, 0.3) is 0 Å². The van der Waals surface area contributed by atoms with Gasteiger partial charge in [0.05, 0.1) is 11.5 Å². The summed E-state index contributed by atoms with van der Waals surface area (Å²) in [4.78, 5) is 25.8. The van der Waals surface area contributed by atoms with Crippen LogP contribution in [0.4, 0.5) is 0 Å². The molecule has 4 nitrogen and oxygen atoms in total. The SMILES string of the molecule is Cc1cccc(C(=O)N2C[C@H](C(=O)O)[C@@H](C3CC3)C2)c1Br. The Bertz CT molecular complexity index is 597. The van der Waals surface area contributed by atoms with Gasteiger partial charge in [0.15, 0.2) is 0 Å². The molecule has 1 saturated carbocycles. The highest BCUT2D eigenvalue weighted by Gasteiger charge is 2.47. The molecule has 0 spiro atoms. The number of benzene rings is 1. The summed E-state index contributed by atoms with van der Waals surface area (Å²) < 4.78 is 0.803. The molecule has 0 unspecified atom stereocenters. The monoisotopic (exact) mass is 351 g/mol. The van der Waals surface area contributed by atoms with E-state index in [0.717, 1.165) is 22.9 Å². The average molecular weight is 352 g/mol. The number of rotatable bonds is 3. The summed E-state index contributed by atoms with van der Waals surface area (Å²) in [6.45, 7) is 2.84. The van der Waals surface area contributed by atoms with Crippen molar-refractivity contribution in [1.82, 2.24) is 4.90 Å². The molecular weight excluding hydrogens is 334 g/mol. The van der Waals surface area contributed by atoms with Crippen molar-refractivity contribution in [2.75, 3.05) is 13.1 Å². The fourth-order valence-electron chi connectivity index (χ4n) is 3.24. The third-order valence-electron chi connectivity index (χ3n) is 4.62. The van der Waals surface area contributed by atoms with E-state index in [0.29, 0.717) is 24.6 Å². The summed E-state index contributed by atoms with van der Waals surface area (Å²) >= 11 is 3.46. The zero-order valence-electron chi connectivity index (χ0n) is 11.9. The van der Waals surface area contributed by atoms with Crippen LogP contribution in [-0.2, 0) is 4.79 Å². The molecule has 1 aliphatic heterocycles. The highest BCUT2D eigenvalue weighted by molar-refractivity contribution is 9.10. The van der Waals surface area contributed by atoms with Gasteiger partial charge in [0.2, 0.25) is 0 Å². The minimum atomic E-state index is -0.773. The number of hydrogen-bond donors (Lipinski definition) is 1. The lowest BCUT2D eigenvalue weighted by Crippen LogP contribution is -2.30. The van der Waals surface area contributed by atoms with Crippen LogP contribution in [0.3, 0.4) is 0 Å². The number of aryl methyl sites for hydroxylation is 1. The number of carboxylic acid groups (broad SMARTS) is 1. The third-order valence-corrected chi connectivity index (χ3v) is 5.67. The Morgan fingerprint density at radius 2 is 2.00 bits per heavy atom.